The van der Waals surface area contributed by atoms with E-state index in [9.17, 15) is 4.79 Å². The van der Waals surface area contributed by atoms with Gasteiger partial charge in [0.25, 0.3) is 0 Å². The highest BCUT2D eigenvalue weighted by Crippen LogP contribution is 2.16. The van der Waals surface area contributed by atoms with Gasteiger partial charge in [0.05, 0.1) is 18.5 Å². The molecule has 0 atom stereocenters. The molecule has 0 radical (unpaired) electrons. The predicted octanol–water partition coefficient (Wildman–Crippen LogP) is 2.30. The van der Waals surface area contributed by atoms with Gasteiger partial charge in [-0.05, 0) is 25.3 Å². The number of piperazine rings is 1. The minimum Gasteiger partial charge on any atom is -0.381 e. The van der Waals surface area contributed by atoms with Crippen LogP contribution in [-0.4, -0.2) is 72.5 Å². The normalized spacial score (nSPS) is 14.5. The number of rotatable bonds is 9. The minimum atomic E-state index is 0. The number of aryl methyl sites for hydroxylation is 1. The van der Waals surface area contributed by atoms with Crippen LogP contribution in [0.5, 0.6) is 0 Å². The van der Waals surface area contributed by atoms with Crippen LogP contribution in [0.3, 0.4) is 0 Å². The summed E-state index contributed by atoms with van der Waals surface area (Å²) in [5.41, 5.74) is 2.14. The van der Waals surface area contributed by atoms with Crippen molar-refractivity contribution in [2.24, 2.45) is 12.0 Å². The Morgan fingerprint density at radius 3 is 2.71 bits per heavy atom. The Balaban J connectivity index is 0.00000341. The standard InChI is InChI=1S/C22H32N6O2.HI/c1-3-23-22(24-11-7-14-30-15-10-19-8-5-4-6-9-19)27-12-13-28(21(29)18-27)20-16-25-26(2)17-20;/h4-6,8-9,16-17H,3,7,10-15,18H2,1-2H3,(H,23,24);1H. The Bertz CT molecular complexity index is 826. The van der Waals surface area contributed by atoms with E-state index in [0.717, 1.165) is 44.2 Å². The van der Waals surface area contributed by atoms with E-state index in [1.807, 2.05) is 43.3 Å². The zero-order valence-corrected chi connectivity index (χ0v) is 20.7. The van der Waals surface area contributed by atoms with Crippen molar-refractivity contribution >= 4 is 41.5 Å². The molecular weight excluding hydrogens is 507 g/mol. The average molecular weight is 540 g/mol. The number of halogens is 1. The Morgan fingerprint density at radius 2 is 2.03 bits per heavy atom. The Kier molecular flexibility index (Phi) is 10.8. The summed E-state index contributed by atoms with van der Waals surface area (Å²) in [5, 5.41) is 7.46. The molecule has 0 saturated carbocycles. The van der Waals surface area contributed by atoms with E-state index in [-0.39, 0.29) is 29.9 Å². The molecule has 9 heteroatoms. The first-order chi connectivity index (χ1) is 14.7. The minimum absolute atomic E-state index is 0. The fourth-order valence-corrected chi connectivity index (χ4v) is 3.39. The summed E-state index contributed by atoms with van der Waals surface area (Å²) in [6, 6.07) is 10.4. The number of hydrogen-bond donors (Lipinski definition) is 1. The van der Waals surface area contributed by atoms with Crippen LogP contribution >= 0.6 is 24.0 Å². The second-order valence-electron chi connectivity index (χ2n) is 7.28. The van der Waals surface area contributed by atoms with Gasteiger partial charge in [-0.1, -0.05) is 30.3 Å². The highest BCUT2D eigenvalue weighted by atomic mass is 127. The van der Waals surface area contributed by atoms with Crippen molar-refractivity contribution in [3.05, 3.63) is 48.3 Å². The van der Waals surface area contributed by atoms with Crippen LogP contribution in [0.25, 0.3) is 0 Å². The number of ether oxygens (including phenoxy) is 1. The molecule has 31 heavy (non-hydrogen) atoms. The number of carbonyl (C=O) groups is 1. The number of nitrogens with zero attached hydrogens (tertiary/aromatic N) is 5. The summed E-state index contributed by atoms with van der Waals surface area (Å²) in [6.45, 7) is 6.55. The molecule has 2 heterocycles. The van der Waals surface area contributed by atoms with Gasteiger partial charge in [-0.25, -0.2) is 0 Å². The molecule has 1 saturated heterocycles. The molecule has 1 aliphatic heterocycles. The highest BCUT2D eigenvalue weighted by Gasteiger charge is 2.27. The number of amides is 1. The monoisotopic (exact) mass is 540 g/mol. The maximum absolute atomic E-state index is 12.6. The van der Waals surface area contributed by atoms with E-state index >= 15 is 0 Å². The molecule has 3 rings (SSSR count). The fourth-order valence-electron chi connectivity index (χ4n) is 3.39. The van der Waals surface area contributed by atoms with Crippen LogP contribution in [0, 0.1) is 0 Å². The predicted molar refractivity (Wildman–Crippen MR) is 134 cm³/mol. The molecule has 1 fully saturated rings. The maximum Gasteiger partial charge on any atom is 0.246 e. The molecule has 0 aliphatic carbocycles. The van der Waals surface area contributed by atoms with Gasteiger partial charge in [0, 0.05) is 46.0 Å². The van der Waals surface area contributed by atoms with Crippen molar-refractivity contribution in [3.63, 3.8) is 0 Å². The van der Waals surface area contributed by atoms with Gasteiger partial charge in [-0.2, -0.15) is 5.10 Å². The molecule has 0 spiro atoms. The van der Waals surface area contributed by atoms with E-state index in [0.29, 0.717) is 26.2 Å². The van der Waals surface area contributed by atoms with Crippen LogP contribution < -0.4 is 10.2 Å². The molecule has 8 nitrogen and oxygen atoms in total. The average Bonchev–Trinajstić information content (AvgIpc) is 3.19. The number of carbonyl (C=O) groups excluding carboxylic acids is 1. The van der Waals surface area contributed by atoms with E-state index in [2.05, 4.69) is 22.5 Å². The lowest BCUT2D eigenvalue weighted by Gasteiger charge is -2.35. The lowest BCUT2D eigenvalue weighted by molar-refractivity contribution is -0.120. The summed E-state index contributed by atoms with van der Waals surface area (Å²) in [5.74, 6) is 0.852. The van der Waals surface area contributed by atoms with Gasteiger partial charge >= 0.3 is 0 Å². The van der Waals surface area contributed by atoms with Crippen molar-refractivity contribution in [2.75, 3.05) is 50.8 Å². The van der Waals surface area contributed by atoms with Crippen LogP contribution in [-0.2, 0) is 23.0 Å². The van der Waals surface area contributed by atoms with E-state index < -0.39 is 0 Å². The number of benzene rings is 1. The quantitative estimate of drug-likeness (QED) is 0.229. The Morgan fingerprint density at radius 1 is 1.23 bits per heavy atom. The maximum atomic E-state index is 12.6. The first-order valence-electron chi connectivity index (χ1n) is 10.6. The molecule has 0 unspecified atom stereocenters. The van der Waals surface area contributed by atoms with Gasteiger partial charge in [0.15, 0.2) is 5.96 Å². The van der Waals surface area contributed by atoms with Crippen LogP contribution in [0.4, 0.5) is 5.69 Å². The number of aliphatic imine (C=N–C) groups is 1. The lowest BCUT2D eigenvalue weighted by atomic mass is 10.2. The van der Waals surface area contributed by atoms with Crippen molar-refractivity contribution in [1.82, 2.24) is 20.0 Å². The van der Waals surface area contributed by atoms with Crippen molar-refractivity contribution in [3.8, 4) is 0 Å². The van der Waals surface area contributed by atoms with Gasteiger partial charge < -0.3 is 19.9 Å². The van der Waals surface area contributed by atoms with Gasteiger partial charge in [-0.15, -0.1) is 24.0 Å². The third-order valence-electron chi connectivity index (χ3n) is 4.94. The summed E-state index contributed by atoms with van der Waals surface area (Å²) in [4.78, 5) is 21.1. The third kappa shape index (κ3) is 7.80. The number of aromatic nitrogens is 2. The molecule has 1 aromatic heterocycles. The molecule has 1 aliphatic rings. The SMILES string of the molecule is CCNC(=NCCCOCCc1ccccc1)N1CCN(c2cnn(C)c2)C(=O)C1.I. The van der Waals surface area contributed by atoms with Gasteiger partial charge in [0.2, 0.25) is 5.91 Å². The topological polar surface area (TPSA) is 75.0 Å². The zero-order chi connectivity index (χ0) is 21.2. The Hall–Kier alpha value is -2.14. The van der Waals surface area contributed by atoms with E-state index in [1.165, 1.54) is 5.56 Å². The van der Waals surface area contributed by atoms with Gasteiger partial charge in [-0.3, -0.25) is 14.5 Å². The third-order valence-corrected chi connectivity index (χ3v) is 4.94. The largest absolute Gasteiger partial charge is 0.381 e. The van der Waals surface area contributed by atoms with Crippen LogP contribution in [0.15, 0.2) is 47.7 Å². The molecular formula is C22H33IN6O2. The molecule has 2 aromatic rings. The number of guanidine groups is 1. The van der Waals surface area contributed by atoms with Crippen molar-refractivity contribution < 1.29 is 9.53 Å². The Labute approximate surface area is 201 Å². The number of nitrogens with one attached hydrogen (secondary N) is 1. The number of hydrogen-bond acceptors (Lipinski definition) is 4. The van der Waals surface area contributed by atoms with E-state index in [1.54, 1.807) is 15.8 Å². The summed E-state index contributed by atoms with van der Waals surface area (Å²) < 4.78 is 7.45. The molecule has 0 bridgehead atoms. The zero-order valence-electron chi connectivity index (χ0n) is 18.4. The van der Waals surface area contributed by atoms with Crippen LogP contribution in [0.2, 0.25) is 0 Å². The van der Waals surface area contributed by atoms with Crippen molar-refractivity contribution in [1.29, 1.82) is 0 Å². The highest BCUT2D eigenvalue weighted by molar-refractivity contribution is 14.0. The second kappa shape index (κ2) is 13.3. The van der Waals surface area contributed by atoms with Gasteiger partial charge in [0.1, 0.15) is 6.54 Å². The summed E-state index contributed by atoms with van der Waals surface area (Å²) in [6.07, 6.45) is 5.37. The molecule has 1 aromatic carbocycles. The molecule has 1 N–H and O–H groups in total. The smallest absolute Gasteiger partial charge is 0.246 e. The first kappa shape index (κ1) is 25.1. The molecule has 170 valence electrons. The van der Waals surface area contributed by atoms with Crippen LogP contribution in [0.1, 0.15) is 18.9 Å². The van der Waals surface area contributed by atoms with E-state index in [4.69, 9.17) is 9.73 Å². The van der Waals surface area contributed by atoms with Crippen molar-refractivity contribution in [2.45, 2.75) is 19.8 Å². The molecule has 1 amide bonds. The number of anilines is 1. The second-order valence-corrected chi connectivity index (χ2v) is 7.28. The lowest BCUT2D eigenvalue weighted by Crippen LogP contribution is -2.55. The summed E-state index contributed by atoms with van der Waals surface area (Å²) in [7, 11) is 1.85. The summed E-state index contributed by atoms with van der Waals surface area (Å²) >= 11 is 0. The first-order valence-corrected chi connectivity index (χ1v) is 10.6. The fraction of sp³-hybridized carbons (Fsp3) is 0.500.